The van der Waals surface area contributed by atoms with Gasteiger partial charge in [-0.3, -0.25) is 19.6 Å². The van der Waals surface area contributed by atoms with Crippen LogP contribution in [0.3, 0.4) is 0 Å². The Morgan fingerprint density at radius 1 is 1.45 bits per heavy atom. The van der Waals surface area contributed by atoms with Gasteiger partial charge >= 0.3 is 0 Å². The van der Waals surface area contributed by atoms with Crippen LogP contribution in [-0.2, 0) is 6.54 Å². The zero-order chi connectivity index (χ0) is 14.7. The van der Waals surface area contributed by atoms with E-state index in [1.807, 2.05) is 6.92 Å². The molecule has 0 aliphatic heterocycles. The van der Waals surface area contributed by atoms with E-state index >= 15 is 0 Å². The summed E-state index contributed by atoms with van der Waals surface area (Å²) in [6.45, 7) is 3.92. The topological polar surface area (TPSA) is 87.3 Å². The van der Waals surface area contributed by atoms with E-state index in [1.54, 1.807) is 10.9 Å². The molecule has 0 spiro atoms. The molecular weight excluding hydrogens is 262 g/mol. The Bertz CT molecular complexity index is 663. The van der Waals surface area contributed by atoms with Gasteiger partial charge in [-0.2, -0.15) is 5.10 Å². The standard InChI is InChI=1S/C13H13N3O4/c1-3-15-8-11(7-14-15)20-10-4-5-12(9(2)17)13(6-10)16(18)19/h4-8H,3H2,1-2H3. The van der Waals surface area contributed by atoms with Gasteiger partial charge in [0.25, 0.3) is 5.69 Å². The molecule has 2 rings (SSSR count). The minimum absolute atomic E-state index is 0.0617. The van der Waals surface area contributed by atoms with Crippen molar-refractivity contribution in [2.75, 3.05) is 0 Å². The Hall–Kier alpha value is -2.70. The average molecular weight is 275 g/mol. The summed E-state index contributed by atoms with van der Waals surface area (Å²) in [6.07, 6.45) is 3.21. The number of aromatic nitrogens is 2. The first kappa shape index (κ1) is 13.7. The van der Waals surface area contributed by atoms with Gasteiger partial charge in [0, 0.05) is 6.54 Å². The monoisotopic (exact) mass is 275 g/mol. The number of ketones is 1. The lowest BCUT2D eigenvalue weighted by atomic mass is 10.1. The number of hydrogen-bond acceptors (Lipinski definition) is 5. The molecule has 0 fully saturated rings. The van der Waals surface area contributed by atoms with Gasteiger partial charge < -0.3 is 4.74 Å². The van der Waals surface area contributed by atoms with E-state index in [2.05, 4.69) is 5.10 Å². The van der Waals surface area contributed by atoms with Gasteiger partial charge in [0.05, 0.1) is 28.9 Å². The number of hydrogen-bond donors (Lipinski definition) is 0. The molecule has 1 heterocycles. The molecule has 0 unspecified atom stereocenters. The van der Waals surface area contributed by atoms with Crippen LogP contribution in [0.5, 0.6) is 11.5 Å². The van der Waals surface area contributed by atoms with Crippen molar-refractivity contribution in [3.05, 3.63) is 46.3 Å². The molecule has 0 saturated heterocycles. The number of carbonyl (C=O) groups excluding carboxylic acids is 1. The minimum atomic E-state index is -0.598. The molecule has 0 radical (unpaired) electrons. The van der Waals surface area contributed by atoms with Crippen molar-refractivity contribution >= 4 is 11.5 Å². The first-order chi connectivity index (χ1) is 9.51. The van der Waals surface area contributed by atoms with E-state index < -0.39 is 4.92 Å². The van der Waals surface area contributed by atoms with Crippen molar-refractivity contribution in [2.24, 2.45) is 0 Å². The highest BCUT2D eigenvalue weighted by molar-refractivity contribution is 5.98. The highest BCUT2D eigenvalue weighted by Gasteiger charge is 2.18. The third-order valence-electron chi connectivity index (χ3n) is 2.71. The molecule has 104 valence electrons. The van der Waals surface area contributed by atoms with Gasteiger partial charge in [0.1, 0.15) is 5.75 Å². The average Bonchev–Trinajstić information content (AvgIpc) is 2.86. The highest BCUT2D eigenvalue weighted by Crippen LogP contribution is 2.28. The number of nitro benzene ring substituents is 1. The number of nitro groups is 1. The fourth-order valence-corrected chi connectivity index (χ4v) is 1.73. The Kier molecular flexibility index (Phi) is 3.79. The maximum Gasteiger partial charge on any atom is 0.283 e. The summed E-state index contributed by atoms with van der Waals surface area (Å²) < 4.78 is 7.16. The first-order valence-corrected chi connectivity index (χ1v) is 6.01. The summed E-state index contributed by atoms with van der Waals surface area (Å²) in [6, 6.07) is 4.15. The largest absolute Gasteiger partial charge is 0.454 e. The van der Waals surface area contributed by atoms with Gasteiger partial charge in [-0.25, -0.2) is 0 Å². The van der Waals surface area contributed by atoms with Crippen molar-refractivity contribution in [2.45, 2.75) is 20.4 Å². The molecule has 0 N–H and O–H groups in total. The van der Waals surface area contributed by atoms with Crippen LogP contribution in [0.1, 0.15) is 24.2 Å². The molecule has 7 heteroatoms. The Morgan fingerprint density at radius 2 is 2.20 bits per heavy atom. The Morgan fingerprint density at radius 3 is 2.75 bits per heavy atom. The van der Waals surface area contributed by atoms with Gasteiger partial charge in [-0.1, -0.05) is 0 Å². The molecule has 1 aromatic heterocycles. The second-order valence-corrected chi connectivity index (χ2v) is 4.13. The van der Waals surface area contributed by atoms with E-state index in [0.29, 0.717) is 12.3 Å². The summed E-state index contributed by atoms with van der Waals surface area (Å²) in [4.78, 5) is 21.7. The highest BCUT2D eigenvalue weighted by atomic mass is 16.6. The van der Waals surface area contributed by atoms with Crippen molar-refractivity contribution in [1.82, 2.24) is 9.78 Å². The van der Waals surface area contributed by atoms with Crippen LogP contribution in [0.25, 0.3) is 0 Å². The van der Waals surface area contributed by atoms with Crippen LogP contribution in [0.15, 0.2) is 30.6 Å². The van der Waals surface area contributed by atoms with Gasteiger partial charge in [-0.15, -0.1) is 0 Å². The molecule has 2 aromatic rings. The molecule has 20 heavy (non-hydrogen) atoms. The SMILES string of the molecule is CCn1cc(Oc2ccc(C(C)=O)c([N+](=O)[O-])c2)cn1. The Balaban J connectivity index is 2.31. The fourth-order valence-electron chi connectivity index (χ4n) is 1.73. The number of nitrogens with zero attached hydrogens (tertiary/aromatic N) is 3. The van der Waals surface area contributed by atoms with Crippen LogP contribution >= 0.6 is 0 Å². The molecular formula is C13H13N3O4. The molecule has 0 aliphatic carbocycles. The van der Waals surface area contributed by atoms with Crippen molar-refractivity contribution in [3.8, 4) is 11.5 Å². The first-order valence-electron chi connectivity index (χ1n) is 6.01. The molecule has 1 aromatic carbocycles. The summed E-state index contributed by atoms with van der Waals surface area (Å²) >= 11 is 0. The molecule has 0 bridgehead atoms. The van der Waals surface area contributed by atoms with E-state index in [-0.39, 0.29) is 22.8 Å². The lowest BCUT2D eigenvalue weighted by molar-refractivity contribution is -0.385. The molecule has 0 atom stereocenters. The minimum Gasteiger partial charge on any atom is -0.454 e. The lowest BCUT2D eigenvalue weighted by Crippen LogP contribution is -2.00. The zero-order valence-corrected chi connectivity index (χ0v) is 11.1. The van der Waals surface area contributed by atoms with E-state index in [1.165, 1.54) is 31.3 Å². The molecule has 0 aliphatic rings. The van der Waals surface area contributed by atoms with Gasteiger partial charge in [0.15, 0.2) is 11.5 Å². The summed E-state index contributed by atoms with van der Waals surface area (Å²) in [5.74, 6) is 0.413. The number of Topliss-reactive ketones (excluding diaryl/α,β-unsaturated/α-hetero) is 1. The molecule has 7 nitrogen and oxygen atoms in total. The quantitative estimate of drug-likeness (QED) is 0.475. The van der Waals surface area contributed by atoms with Crippen LogP contribution in [-0.4, -0.2) is 20.5 Å². The number of ether oxygens (including phenoxy) is 1. The number of benzene rings is 1. The fraction of sp³-hybridized carbons (Fsp3) is 0.231. The van der Waals surface area contributed by atoms with E-state index in [4.69, 9.17) is 4.74 Å². The summed E-state index contributed by atoms with van der Waals surface area (Å²) in [7, 11) is 0. The molecule has 0 amide bonds. The maximum atomic E-state index is 11.3. The van der Waals surface area contributed by atoms with Crippen molar-refractivity contribution in [3.63, 3.8) is 0 Å². The van der Waals surface area contributed by atoms with Crippen molar-refractivity contribution in [1.29, 1.82) is 0 Å². The van der Waals surface area contributed by atoms with Gasteiger partial charge in [-0.05, 0) is 26.0 Å². The predicted molar refractivity (Wildman–Crippen MR) is 71.1 cm³/mol. The van der Waals surface area contributed by atoms with Crippen LogP contribution < -0.4 is 4.74 Å². The maximum absolute atomic E-state index is 11.3. The zero-order valence-electron chi connectivity index (χ0n) is 11.1. The van der Waals surface area contributed by atoms with E-state index in [0.717, 1.165) is 0 Å². The number of carbonyl (C=O) groups is 1. The number of rotatable bonds is 5. The van der Waals surface area contributed by atoms with E-state index in [9.17, 15) is 14.9 Å². The normalized spacial score (nSPS) is 10.3. The second-order valence-electron chi connectivity index (χ2n) is 4.13. The van der Waals surface area contributed by atoms with Crippen LogP contribution in [0.2, 0.25) is 0 Å². The van der Waals surface area contributed by atoms with Crippen LogP contribution in [0, 0.1) is 10.1 Å². The number of aryl methyl sites for hydroxylation is 1. The van der Waals surface area contributed by atoms with Gasteiger partial charge in [0.2, 0.25) is 0 Å². The third kappa shape index (κ3) is 2.82. The Labute approximate surface area is 114 Å². The van der Waals surface area contributed by atoms with Crippen molar-refractivity contribution < 1.29 is 14.5 Å². The lowest BCUT2D eigenvalue weighted by Gasteiger charge is -2.04. The molecule has 0 saturated carbocycles. The second kappa shape index (κ2) is 5.52. The third-order valence-corrected chi connectivity index (χ3v) is 2.71. The van der Waals surface area contributed by atoms with Crippen LogP contribution in [0.4, 0.5) is 5.69 Å². The predicted octanol–water partition coefficient (Wildman–Crippen LogP) is 2.81. The smallest absolute Gasteiger partial charge is 0.283 e. The summed E-state index contributed by atoms with van der Waals surface area (Å²) in [5, 5.41) is 15.0. The summed E-state index contributed by atoms with van der Waals surface area (Å²) in [5.41, 5.74) is -0.204.